The fraction of sp³-hybridized carbons (Fsp3) is 0.409. The summed E-state index contributed by atoms with van der Waals surface area (Å²) in [5, 5.41) is 0. The van der Waals surface area contributed by atoms with Crippen molar-refractivity contribution in [1.82, 2.24) is 9.21 Å². The van der Waals surface area contributed by atoms with Gasteiger partial charge in [-0.15, -0.1) is 0 Å². The first-order chi connectivity index (χ1) is 13.8. The lowest BCUT2D eigenvalue weighted by Gasteiger charge is -2.29. The highest BCUT2D eigenvalue weighted by Gasteiger charge is 2.28. The Morgan fingerprint density at radius 3 is 2.38 bits per heavy atom. The van der Waals surface area contributed by atoms with Gasteiger partial charge in [-0.3, -0.25) is 4.79 Å². The van der Waals surface area contributed by atoms with Crippen molar-refractivity contribution >= 4 is 15.9 Å². The number of hydrogen-bond donors (Lipinski definition) is 0. The Morgan fingerprint density at radius 1 is 1.14 bits per heavy atom. The predicted octanol–water partition coefficient (Wildman–Crippen LogP) is 3.91. The maximum absolute atomic E-state index is 13.4. The van der Waals surface area contributed by atoms with E-state index in [4.69, 9.17) is 0 Å². The van der Waals surface area contributed by atoms with Crippen molar-refractivity contribution in [2.24, 2.45) is 5.92 Å². The third-order valence-corrected chi connectivity index (χ3v) is 7.33. The molecule has 0 atom stereocenters. The lowest BCUT2D eigenvalue weighted by atomic mass is 10.0. The largest absolute Gasteiger partial charge is 0.335 e. The molecule has 1 fully saturated rings. The number of amides is 1. The maximum Gasteiger partial charge on any atom is 0.254 e. The molecule has 0 radical (unpaired) electrons. The van der Waals surface area contributed by atoms with E-state index in [9.17, 15) is 17.6 Å². The number of sulfonamides is 1. The molecule has 156 valence electrons. The molecule has 3 rings (SSSR count). The van der Waals surface area contributed by atoms with Gasteiger partial charge in [0, 0.05) is 31.7 Å². The average molecular weight is 419 g/mol. The third-order valence-electron chi connectivity index (χ3n) is 5.41. The van der Waals surface area contributed by atoms with Gasteiger partial charge < -0.3 is 4.90 Å². The van der Waals surface area contributed by atoms with E-state index in [0.29, 0.717) is 43.2 Å². The van der Waals surface area contributed by atoms with Gasteiger partial charge in [-0.05, 0) is 67.6 Å². The minimum Gasteiger partial charge on any atom is -0.335 e. The van der Waals surface area contributed by atoms with Crippen LogP contribution in [0.3, 0.4) is 0 Å². The highest BCUT2D eigenvalue weighted by atomic mass is 32.2. The molecule has 1 aliphatic rings. The Hall–Kier alpha value is -2.25. The van der Waals surface area contributed by atoms with E-state index in [1.54, 1.807) is 29.2 Å². The van der Waals surface area contributed by atoms with E-state index in [1.807, 2.05) is 6.92 Å². The van der Waals surface area contributed by atoms with Crippen molar-refractivity contribution in [3.05, 3.63) is 65.5 Å². The van der Waals surface area contributed by atoms with Crippen LogP contribution >= 0.6 is 0 Å². The van der Waals surface area contributed by atoms with Crippen LogP contribution in [-0.4, -0.2) is 43.2 Å². The monoisotopic (exact) mass is 418 g/mol. The molecule has 7 heteroatoms. The standard InChI is InChI=1S/C22H27FN2O3S/c1-3-24(16-18-5-4-6-20(23)15-18)22(26)19-7-9-21(10-8-19)29(27,28)25-13-11-17(2)12-14-25/h4-10,15,17H,3,11-14,16H2,1-2H3. The fourth-order valence-corrected chi connectivity index (χ4v) is 4.98. The van der Waals surface area contributed by atoms with Crippen LogP contribution in [0.2, 0.25) is 0 Å². The second-order valence-corrected chi connectivity index (χ2v) is 9.50. The first kappa shape index (κ1) is 21.5. The molecule has 0 aromatic heterocycles. The van der Waals surface area contributed by atoms with Crippen LogP contribution in [0.1, 0.15) is 42.6 Å². The van der Waals surface area contributed by atoms with Gasteiger partial charge in [0.1, 0.15) is 5.82 Å². The van der Waals surface area contributed by atoms with Gasteiger partial charge in [0.05, 0.1) is 4.90 Å². The van der Waals surface area contributed by atoms with Gasteiger partial charge >= 0.3 is 0 Å². The van der Waals surface area contributed by atoms with Crippen LogP contribution < -0.4 is 0 Å². The number of rotatable bonds is 6. The molecule has 5 nitrogen and oxygen atoms in total. The van der Waals surface area contributed by atoms with E-state index in [0.717, 1.165) is 12.8 Å². The molecule has 0 spiro atoms. The van der Waals surface area contributed by atoms with Crippen LogP contribution in [0.25, 0.3) is 0 Å². The number of carbonyl (C=O) groups excluding carboxylic acids is 1. The highest BCUT2D eigenvalue weighted by molar-refractivity contribution is 7.89. The van der Waals surface area contributed by atoms with Crippen LogP contribution in [-0.2, 0) is 16.6 Å². The second kappa shape index (κ2) is 9.05. The summed E-state index contributed by atoms with van der Waals surface area (Å²) < 4.78 is 40.6. The highest BCUT2D eigenvalue weighted by Crippen LogP contribution is 2.24. The molecular formula is C22H27FN2O3S. The van der Waals surface area contributed by atoms with Crippen molar-refractivity contribution in [3.63, 3.8) is 0 Å². The number of carbonyl (C=O) groups is 1. The van der Waals surface area contributed by atoms with E-state index in [2.05, 4.69) is 6.92 Å². The summed E-state index contributed by atoms with van der Waals surface area (Å²) in [6.45, 7) is 5.80. The maximum atomic E-state index is 13.4. The van der Waals surface area contributed by atoms with Crippen LogP contribution in [0.4, 0.5) is 4.39 Å². The first-order valence-electron chi connectivity index (χ1n) is 9.95. The summed E-state index contributed by atoms with van der Waals surface area (Å²) in [6, 6.07) is 12.3. The van der Waals surface area contributed by atoms with Gasteiger partial charge in [-0.2, -0.15) is 4.31 Å². The first-order valence-corrected chi connectivity index (χ1v) is 11.4. The smallest absolute Gasteiger partial charge is 0.254 e. The van der Waals surface area contributed by atoms with Crippen molar-refractivity contribution < 1.29 is 17.6 Å². The number of nitrogens with zero attached hydrogens (tertiary/aromatic N) is 2. The summed E-state index contributed by atoms with van der Waals surface area (Å²) in [6.07, 6.45) is 1.72. The Bertz CT molecular complexity index is 952. The van der Waals surface area contributed by atoms with E-state index in [-0.39, 0.29) is 16.6 Å². The number of benzene rings is 2. The minimum absolute atomic E-state index is 0.205. The zero-order valence-electron chi connectivity index (χ0n) is 16.8. The molecule has 29 heavy (non-hydrogen) atoms. The van der Waals surface area contributed by atoms with Gasteiger partial charge in [-0.1, -0.05) is 19.1 Å². The average Bonchev–Trinajstić information content (AvgIpc) is 2.72. The van der Waals surface area contributed by atoms with Gasteiger partial charge in [0.2, 0.25) is 10.0 Å². The Morgan fingerprint density at radius 2 is 1.79 bits per heavy atom. The number of hydrogen-bond acceptors (Lipinski definition) is 3. The molecule has 1 saturated heterocycles. The fourth-order valence-electron chi connectivity index (χ4n) is 3.51. The summed E-state index contributed by atoms with van der Waals surface area (Å²) in [5.74, 6) is -0.0141. The van der Waals surface area contributed by atoms with Gasteiger partial charge in [0.15, 0.2) is 0 Å². The van der Waals surface area contributed by atoms with E-state index < -0.39 is 10.0 Å². The SMILES string of the molecule is CCN(Cc1cccc(F)c1)C(=O)c1ccc(S(=O)(=O)N2CCC(C)CC2)cc1. The molecule has 2 aromatic carbocycles. The molecule has 0 saturated carbocycles. The topological polar surface area (TPSA) is 57.7 Å². The quantitative estimate of drug-likeness (QED) is 0.715. The van der Waals surface area contributed by atoms with Crippen molar-refractivity contribution in [2.45, 2.75) is 38.1 Å². The molecule has 0 aliphatic carbocycles. The van der Waals surface area contributed by atoms with Crippen molar-refractivity contribution in [2.75, 3.05) is 19.6 Å². The molecule has 2 aromatic rings. The number of halogens is 1. The molecular weight excluding hydrogens is 391 g/mol. The second-order valence-electron chi connectivity index (χ2n) is 7.56. The van der Waals surface area contributed by atoms with Crippen molar-refractivity contribution in [3.8, 4) is 0 Å². The van der Waals surface area contributed by atoms with E-state index >= 15 is 0 Å². The van der Waals surface area contributed by atoms with Crippen molar-refractivity contribution in [1.29, 1.82) is 0 Å². The summed E-state index contributed by atoms with van der Waals surface area (Å²) in [4.78, 5) is 14.6. The van der Waals surface area contributed by atoms with Crippen LogP contribution in [0.15, 0.2) is 53.4 Å². The summed E-state index contributed by atoms with van der Waals surface area (Å²) >= 11 is 0. The number of piperidine rings is 1. The molecule has 0 unspecified atom stereocenters. The zero-order valence-corrected chi connectivity index (χ0v) is 17.7. The van der Waals surface area contributed by atoms with E-state index in [1.165, 1.54) is 28.6 Å². The normalized spacial score (nSPS) is 16.0. The lowest BCUT2D eigenvalue weighted by Crippen LogP contribution is -2.37. The molecule has 1 heterocycles. The summed E-state index contributed by atoms with van der Waals surface area (Å²) in [5.41, 5.74) is 1.12. The Balaban J connectivity index is 1.73. The Kier molecular flexibility index (Phi) is 6.70. The van der Waals surface area contributed by atoms with Gasteiger partial charge in [0.25, 0.3) is 5.91 Å². The molecule has 1 aliphatic heterocycles. The molecule has 1 amide bonds. The minimum atomic E-state index is -3.54. The molecule has 0 bridgehead atoms. The lowest BCUT2D eigenvalue weighted by molar-refractivity contribution is 0.0752. The zero-order chi connectivity index (χ0) is 21.0. The third kappa shape index (κ3) is 5.03. The summed E-state index contributed by atoms with van der Waals surface area (Å²) in [7, 11) is -3.54. The molecule has 0 N–H and O–H groups in total. The Labute approximate surface area is 172 Å². The van der Waals surface area contributed by atoms with Gasteiger partial charge in [-0.25, -0.2) is 12.8 Å². The predicted molar refractivity (Wildman–Crippen MR) is 110 cm³/mol. The van der Waals surface area contributed by atoms with Crippen LogP contribution in [0.5, 0.6) is 0 Å². The van der Waals surface area contributed by atoms with Crippen LogP contribution in [0, 0.1) is 11.7 Å².